The number of aromatic nitrogens is 1. The Balaban J connectivity index is 2.31. The summed E-state index contributed by atoms with van der Waals surface area (Å²) in [5, 5.41) is 13.8. The van der Waals surface area contributed by atoms with Gasteiger partial charge in [-0.05, 0) is 41.4 Å². The quantitative estimate of drug-likeness (QED) is 0.697. The second kappa shape index (κ2) is 7.73. The average molecular weight is 330 g/mol. The van der Waals surface area contributed by atoms with Crippen molar-refractivity contribution in [2.24, 2.45) is 0 Å². The molecule has 1 aromatic rings. The zero-order chi connectivity index (χ0) is 14.3. The molecule has 19 heavy (non-hydrogen) atoms. The number of carbonyl (C=O) groups is 2. The van der Waals surface area contributed by atoms with Gasteiger partial charge in [0.2, 0.25) is 0 Å². The van der Waals surface area contributed by atoms with E-state index in [-0.39, 0.29) is 18.5 Å². The molecule has 1 rings (SSSR count). The van der Waals surface area contributed by atoms with E-state index in [1.54, 1.807) is 6.20 Å². The highest BCUT2D eigenvalue weighted by Gasteiger charge is 2.10. The summed E-state index contributed by atoms with van der Waals surface area (Å²) in [7, 11) is 0. The van der Waals surface area contributed by atoms with Gasteiger partial charge in [-0.1, -0.05) is 0 Å². The van der Waals surface area contributed by atoms with Crippen molar-refractivity contribution < 1.29 is 14.7 Å². The van der Waals surface area contributed by atoms with Crippen molar-refractivity contribution in [2.75, 3.05) is 6.54 Å². The number of rotatable bonds is 6. The first kappa shape index (κ1) is 15.4. The zero-order valence-corrected chi connectivity index (χ0v) is 12.1. The monoisotopic (exact) mass is 329 g/mol. The molecule has 3 N–H and O–H groups in total. The smallest absolute Gasteiger partial charge is 0.315 e. The highest BCUT2D eigenvalue weighted by Crippen LogP contribution is 2.12. The summed E-state index contributed by atoms with van der Waals surface area (Å²) >= 11 is 3.29. The topological polar surface area (TPSA) is 91.3 Å². The van der Waals surface area contributed by atoms with Crippen molar-refractivity contribution in [3.05, 3.63) is 28.5 Å². The van der Waals surface area contributed by atoms with Crippen LogP contribution < -0.4 is 10.6 Å². The second-order valence-electron chi connectivity index (χ2n) is 4.02. The van der Waals surface area contributed by atoms with Gasteiger partial charge in [-0.25, -0.2) is 4.79 Å². The van der Waals surface area contributed by atoms with E-state index in [1.807, 2.05) is 19.1 Å². The fourth-order valence-electron chi connectivity index (χ4n) is 1.41. The molecule has 104 valence electrons. The fraction of sp³-hybridized carbons (Fsp3) is 0.417. The Morgan fingerprint density at radius 2 is 2.21 bits per heavy atom. The summed E-state index contributed by atoms with van der Waals surface area (Å²) in [5.74, 6) is -0.866. The minimum absolute atomic E-state index is 0.0457. The highest BCUT2D eigenvalue weighted by molar-refractivity contribution is 9.10. The number of pyridine rings is 1. The number of nitrogens with one attached hydrogen (secondary N) is 2. The average Bonchev–Trinajstić information content (AvgIpc) is 2.35. The Morgan fingerprint density at radius 3 is 2.79 bits per heavy atom. The van der Waals surface area contributed by atoms with Crippen LogP contribution in [0, 0.1) is 0 Å². The molecule has 0 bridgehead atoms. The summed E-state index contributed by atoms with van der Waals surface area (Å²) < 4.78 is 0.876. The van der Waals surface area contributed by atoms with Crippen LogP contribution in [0.4, 0.5) is 4.79 Å². The summed E-state index contributed by atoms with van der Waals surface area (Å²) in [6.07, 6.45) is 2.12. The highest BCUT2D eigenvalue weighted by atomic mass is 79.9. The maximum atomic E-state index is 11.5. The lowest BCUT2D eigenvalue weighted by Gasteiger charge is -2.14. The molecule has 1 heterocycles. The third-order valence-electron chi connectivity index (χ3n) is 2.39. The van der Waals surface area contributed by atoms with Crippen LogP contribution in [0.3, 0.4) is 0 Å². The molecule has 0 aliphatic rings. The first-order valence-corrected chi connectivity index (χ1v) is 6.66. The van der Waals surface area contributed by atoms with Crippen molar-refractivity contribution >= 4 is 27.9 Å². The number of carboxylic acids is 1. The summed E-state index contributed by atoms with van der Waals surface area (Å²) in [6, 6.07) is 3.13. The molecule has 1 unspecified atom stereocenters. The van der Waals surface area contributed by atoms with E-state index in [9.17, 15) is 9.59 Å². The van der Waals surface area contributed by atoms with E-state index in [2.05, 4.69) is 31.5 Å². The molecule has 7 heteroatoms. The van der Waals surface area contributed by atoms with Crippen molar-refractivity contribution in [2.45, 2.75) is 25.8 Å². The molecule has 6 nitrogen and oxygen atoms in total. The first-order valence-electron chi connectivity index (χ1n) is 5.86. The standard InChI is InChI=1S/C12H16BrN3O3/c1-8(10-5-4-9(13)7-15-10)16-12(19)14-6-2-3-11(17)18/h4-5,7-8H,2-3,6H2,1H3,(H,17,18)(H2,14,16,19). The van der Waals surface area contributed by atoms with Crippen molar-refractivity contribution in [3.63, 3.8) is 0 Å². The molecule has 0 spiro atoms. The van der Waals surface area contributed by atoms with E-state index < -0.39 is 5.97 Å². The van der Waals surface area contributed by atoms with Crippen LogP contribution in [0.5, 0.6) is 0 Å². The van der Waals surface area contributed by atoms with Crippen LogP contribution in [0.25, 0.3) is 0 Å². The number of hydrogen-bond donors (Lipinski definition) is 3. The van der Waals surface area contributed by atoms with Crippen molar-refractivity contribution in [3.8, 4) is 0 Å². The number of carboxylic acid groups (broad SMARTS) is 1. The Labute approximate surface area is 119 Å². The molecule has 0 saturated heterocycles. The van der Waals surface area contributed by atoms with Gasteiger partial charge in [0.05, 0.1) is 11.7 Å². The van der Waals surface area contributed by atoms with Crippen molar-refractivity contribution in [1.29, 1.82) is 0 Å². The van der Waals surface area contributed by atoms with E-state index in [1.165, 1.54) is 0 Å². The zero-order valence-electron chi connectivity index (χ0n) is 10.5. The lowest BCUT2D eigenvalue weighted by Crippen LogP contribution is -2.37. The van der Waals surface area contributed by atoms with Crippen LogP contribution in [0.2, 0.25) is 0 Å². The first-order chi connectivity index (χ1) is 8.99. The predicted molar refractivity (Wildman–Crippen MR) is 73.8 cm³/mol. The Kier molecular flexibility index (Phi) is 6.27. The number of carbonyl (C=O) groups excluding carboxylic acids is 1. The minimum Gasteiger partial charge on any atom is -0.481 e. The van der Waals surface area contributed by atoms with E-state index in [0.717, 1.165) is 10.2 Å². The molecule has 2 amide bonds. The lowest BCUT2D eigenvalue weighted by molar-refractivity contribution is -0.137. The molecule has 0 aromatic carbocycles. The van der Waals surface area contributed by atoms with Gasteiger partial charge in [0.15, 0.2) is 0 Å². The Bertz CT molecular complexity index is 436. The lowest BCUT2D eigenvalue weighted by atomic mass is 10.2. The van der Waals surface area contributed by atoms with E-state index in [0.29, 0.717) is 13.0 Å². The molecule has 0 aliphatic heterocycles. The van der Waals surface area contributed by atoms with E-state index in [4.69, 9.17) is 5.11 Å². The minimum atomic E-state index is -0.866. The molecule has 0 aliphatic carbocycles. The molecule has 1 aromatic heterocycles. The fourth-order valence-corrected chi connectivity index (χ4v) is 1.64. The van der Waals surface area contributed by atoms with Gasteiger partial charge < -0.3 is 15.7 Å². The Hall–Kier alpha value is -1.63. The number of halogens is 1. The third-order valence-corrected chi connectivity index (χ3v) is 2.86. The second-order valence-corrected chi connectivity index (χ2v) is 4.94. The van der Waals surface area contributed by atoms with Gasteiger partial charge in [-0.2, -0.15) is 0 Å². The van der Waals surface area contributed by atoms with Crippen LogP contribution in [0.15, 0.2) is 22.8 Å². The SMILES string of the molecule is CC(NC(=O)NCCCC(=O)O)c1ccc(Br)cn1. The summed E-state index contributed by atoms with van der Waals surface area (Å²) in [4.78, 5) is 26.0. The maximum Gasteiger partial charge on any atom is 0.315 e. The van der Waals surface area contributed by atoms with Gasteiger partial charge in [0.25, 0.3) is 0 Å². The van der Waals surface area contributed by atoms with Gasteiger partial charge in [-0.3, -0.25) is 9.78 Å². The normalized spacial score (nSPS) is 11.7. The van der Waals surface area contributed by atoms with Crippen LogP contribution >= 0.6 is 15.9 Å². The van der Waals surface area contributed by atoms with Crippen molar-refractivity contribution in [1.82, 2.24) is 15.6 Å². The summed E-state index contributed by atoms with van der Waals surface area (Å²) in [5.41, 5.74) is 0.754. The maximum absolute atomic E-state index is 11.5. The molecule has 0 saturated carbocycles. The van der Waals surface area contributed by atoms with Crippen LogP contribution in [-0.2, 0) is 4.79 Å². The van der Waals surface area contributed by atoms with E-state index >= 15 is 0 Å². The molecule has 1 atom stereocenters. The molecule has 0 radical (unpaired) electrons. The third kappa shape index (κ3) is 6.19. The molecular weight excluding hydrogens is 314 g/mol. The van der Waals surface area contributed by atoms with Gasteiger partial charge in [0, 0.05) is 23.6 Å². The number of aliphatic carboxylic acids is 1. The van der Waals surface area contributed by atoms with Crippen LogP contribution in [0.1, 0.15) is 31.5 Å². The Morgan fingerprint density at radius 1 is 1.47 bits per heavy atom. The number of amides is 2. The number of urea groups is 1. The van der Waals surface area contributed by atoms with Gasteiger partial charge in [-0.15, -0.1) is 0 Å². The molecule has 0 fully saturated rings. The molecular formula is C12H16BrN3O3. The van der Waals surface area contributed by atoms with Gasteiger partial charge in [0.1, 0.15) is 0 Å². The van der Waals surface area contributed by atoms with Gasteiger partial charge >= 0.3 is 12.0 Å². The predicted octanol–water partition coefficient (Wildman–Crippen LogP) is 2.07. The summed E-state index contributed by atoms with van der Waals surface area (Å²) in [6.45, 7) is 2.16. The number of nitrogens with zero attached hydrogens (tertiary/aromatic N) is 1. The number of hydrogen-bond acceptors (Lipinski definition) is 3. The largest absolute Gasteiger partial charge is 0.481 e. The van der Waals surface area contributed by atoms with Crippen LogP contribution in [-0.4, -0.2) is 28.6 Å².